The Hall–Kier alpha value is -0.990. The van der Waals surface area contributed by atoms with E-state index in [-0.39, 0.29) is 18.5 Å². The summed E-state index contributed by atoms with van der Waals surface area (Å²) >= 11 is 1.47. The molecular formula is C12H20N2O5S. The summed E-state index contributed by atoms with van der Waals surface area (Å²) in [7, 11) is 0. The number of carboxylic acid groups (broad SMARTS) is 1. The predicted octanol–water partition coefficient (Wildman–Crippen LogP) is -0.228. The number of aliphatic hydroxyl groups excluding tert-OH is 2. The summed E-state index contributed by atoms with van der Waals surface area (Å²) in [5.41, 5.74) is 0. The van der Waals surface area contributed by atoms with E-state index < -0.39 is 30.3 Å². The van der Waals surface area contributed by atoms with E-state index in [1.54, 1.807) is 0 Å². The molecule has 7 nitrogen and oxygen atoms in total. The molecule has 2 heterocycles. The predicted molar refractivity (Wildman–Crippen MR) is 73.4 cm³/mol. The fraction of sp³-hybridized carbons (Fsp3) is 0.833. The SMILES string of the molecule is CCCC1SCC(C(=O)O)N1C(=O)N1CC(O)C(O)C1. The topological polar surface area (TPSA) is 101 Å². The minimum atomic E-state index is -1.01. The molecule has 2 aliphatic rings. The minimum Gasteiger partial charge on any atom is -0.480 e. The molecule has 2 amide bonds. The van der Waals surface area contributed by atoms with Gasteiger partial charge in [0.05, 0.1) is 30.7 Å². The first-order chi connectivity index (χ1) is 9.45. The molecule has 0 aromatic rings. The summed E-state index contributed by atoms with van der Waals surface area (Å²) in [6.45, 7) is 2.08. The maximum Gasteiger partial charge on any atom is 0.327 e. The third-order valence-electron chi connectivity index (χ3n) is 3.66. The highest BCUT2D eigenvalue weighted by molar-refractivity contribution is 8.00. The summed E-state index contributed by atoms with van der Waals surface area (Å²) in [6.07, 6.45) is -0.317. The smallest absolute Gasteiger partial charge is 0.327 e. The molecule has 2 fully saturated rings. The minimum absolute atomic E-state index is 0.0480. The van der Waals surface area contributed by atoms with Gasteiger partial charge in [0.2, 0.25) is 0 Å². The van der Waals surface area contributed by atoms with Gasteiger partial charge in [0, 0.05) is 5.75 Å². The van der Waals surface area contributed by atoms with Crippen molar-refractivity contribution >= 4 is 23.8 Å². The van der Waals surface area contributed by atoms with Gasteiger partial charge in [-0.2, -0.15) is 0 Å². The van der Waals surface area contributed by atoms with Crippen LogP contribution >= 0.6 is 11.8 Å². The Morgan fingerprint density at radius 2 is 1.85 bits per heavy atom. The molecule has 4 atom stereocenters. The van der Waals surface area contributed by atoms with Crippen molar-refractivity contribution in [2.45, 2.75) is 43.4 Å². The molecule has 3 N–H and O–H groups in total. The monoisotopic (exact) mass is 304 g/mol. The molecule has 2 aliphatic heterocycles. The first-order valence-corrected chi connectivity index (χ1v) is 7.78. The Morgan fingerprint density at radius 3 is 2.35 bits per heavy atom. The molecule has 0 bridgehead atoms. The number of urea groups is 1. The number of β-amino-alcohol motifs (C(OH)–C–C–N with tert-alkyl or cyclic N) is 2. The van der Waals surface area contributed by atoms with Crippen molar-refractivity contribution < 1.29 is 24.9 Å². The maximum atomic E-state index is 12.5. The van der Waals surface area contributed by atoms with Crippen LogP contribution in [0.15, 0.2) is 0 Å². The van der Waals surface area contributed by atoms with Crippen molar-refractivity contribution in [2.75, 3.05) is 18.8 Å². The normalized spacial score (nSPS) is 33.8. The van der Waals surface area contributed by atoms with Crippen LogP contribution in [0.5, 0.6) is 0 Å². The van der Waals surface area contributed by atoms with Crippen LogP contribution in [0, 0.1) is 0 Å². The zero-order valence-electron chi connectivity index (χ0n) is 11.3. The van der Waals surface area contributed by atoms with Gasteiger partial charge in [0.25, 0.3) is 0 Å². The Balaban J connectivity index is 2.13. The van der Waals surface area contributed by atoms with Gasteiger partial charge in [-0.05, 0) is 6.42 Å². The first kappa shape index (κ1) is 15.4. The van der Waals surface area contributed by atoms with Gasteiger partial charge in [-0.25, -0.2) is 9.59 Å². The van der Waals surface area contributed by atoms with Crippen molar-refractivity contribution in [3.8, 4) is 0 Å². The lowest BCUT2D eigenvalue weighted by Gasteiger charge is -2.31. The van der Waals surface area contributed by atoms with Crippen molar-refractivity contribution in [1.82, 2.24) is 9.80 Å². The Morgan fingerprint density at radius 1 is 1.25 bits per heavy atom. The molecule has 0 aliphatic carbocycles. The Kier molecular flexibility index (Phi) is 4.77. The lowest BCUT2D eigenvalue weighted by Crippen LogP contribution is -2.51. The summed E-state index contributed by atoms with van der Waals surface area (Å²) < 4.78 is 0. The first-order valence-electron chi connectivity index (χ1n) is 6.73. The number of aliphatic hydroxyl groups is 2. The second-order valence-electron chi connectivity index (χ2n) is 5.16. The van der Waals surface area contributed by atoms with E-state index in [0.717, 1.165) is 12.8 Å². The van der Waals surface area contributed by atoms with E-state index in [0.29, 0.717) is 5.75 Å². The zero-order chi connectivity index (χ0) is 14.9. The number of amides is 2. The van der Waals surface area contributed by atoms with Crippen LogP contribution in [-0.2, 0) is 4.79 Å². The number of carbonyl (C=O) groups excluding carboxylic acids is 1. The van der Waals surface area contributed by atoms with Gasteiger partial charge in [-0.15, -0.1) is 11.8 Å². The van der Waals surface area contributed by atoms with Crippen LogP contribution in [0.1, 0.15) is 19.8 Å². The fourth-order valence-corrected chi connectivity index (χ4v) is 4.08. The molecule has 4 unspecified atom stereocenters. The highest BCUT2D eigenvalue weighted by Gasteiger charge is 2.45. The van der Waals surface area contributed by atoms with Gasteiger partial charge in [0.15, 0.2) is 0 Å². The van der Waals surface area contributed by atoms with Crippen LogP contribution in [0.4, 0.5) is 4.79 Å². The molecular weight excluding hydrogens is 284 g/mol. The van der Waals surface area contributed by atoms with Gasteiger partial charge in [-0.1, -0.05) is 13.3 Å². The second-order valence-corrected chi connectivity index (χ2v) is 6.37. The van der Waals surface area contributed by atoms with Crippen molar-refractivity contribution in [3.05, 3.63) is 0 Å². The third kappa shape index (κ3) is 2.87. The van der Waals surface area contributed by atoms with Crippen molar-refractivity contribution in [2.24, 2.45) is 0 Å². The molecule has 20 heavy (non-hydrogen) atoms. The number of hydrogen-bond donors (Lipinski definition) is 3. The number of rotatable bonds is 3. The quantitative estimate of drug-likeness (QED) is 0.666. The van der Waals surface area contributed by atoms with E-state index in [1.165, 1.54) is 21.6 Å². The van der Waals surface area contributed by atoms with Crippen molar-refractivity contribution in [1.29, 1.82) is 0 Å². The molecule has 0 spiro atoms. The molecule has 8 heteroatoms. The van der Waals surface area contributed by atoms with E-state index >= 15 is 0 Å². The number of nitrogens with zero attached hydrogens (tertiary/aromatic N) is 2. The molecule has 0 aromatic carbocycles. The lowest BCUT2D eigenvalue weighted by atomic mass is 10.2. The summed E-state index contributed by atoms with van der Waals surface area (Å²) in [5, 5.41) is 28.1. The maximum absolute atomic E-state index is 12.5. The Bertz CT molecular complexity index is 384. The van der Waals surface area contributed by atoms with Gasteiger partial charge < -0.3 is 20.2 Å². The van der Waals surface area contributed by atoms with Crippen LogP contribution in [0.3, 0.4) is 0 Å². The molecule has 2 rings (SSSR count). The van der Waals surface area contributed by atoms with E-state index in [9.17, 15) is 24.9 Å². The van der Waals surface area contributed by atoms with Crippen LogP contribution in [0.25, 0.3) is 0 Å². The van der Waals surface area contributed by atoms with Crippen LogP contribution in [0.2, 0.25) is 0 Å². The number of carboxylic acids is 1. The highest BCUT2D eigenvalue weighted by atomic mass is 32.2. The van der Waals surface area contributed by atoms with E-state index in [1.807, 2.05) is 6.92 Å². The largest absolute Gasteiger partial charge is 0.480 e. The van der Waals surface area contributed by atoms with Gasteiger partial charge in [0.1, 0.15) is 6.04 Å². The Labute approximate surface area is 121 Å². The summed E-state index contributed by atoms with van der Waals surface area (Å²) in [5.74, 6) is -0.630. The molecule has 0 saturated carbocycles. The number of aliphatic carboxylic acids is 1. The fourth-order valence-electron chi connectivity index (χ4n) is 2.57. The standard InChI is InChI=1S/C12H20N2O5S/c1-2-3-10-14(7(6-20-10)11(17)18)12(19)13-4-8(15)9(16)5-13/h7-10,15-16H,2-6H2,1H3,(H,17,18). The second kappa shape index (κ2) is 6.19. The number of likely N-dealkylation sites (tertiary alicyclic amines) is 1. The van der Waals surface area contributed by atoms with Crippen LogP contribution in [-0.4, -0.2) is 79.6 Å². The van der Waals surface area contributed by atoms with Crippen LogP contribution < -0.4 is 0 Å². The lowest BCUT2D eigenvalue weighted by molar-refractivity contribution is -0.141. The zero-order valence-corrected chi connectivity index (χ0v) is 12.1. The average Bonchev–Trinajstić information content (AvgIpc) is 2.94. The third-order valence-corrected chi connectivity index (χ3v) is 5.02. The number of thioether (sulfide) groups is 1. The molecule has 114 valence electrons. The van der Waals surface area contributed by atoms with Gasteiger partial charge in [-0.3, -0.25) is 4.90 Å². The average molecular weight is 304 g/mol. The van der Waals surface area contributed by atoms with E-state index in [2.05, 4.69) is 0 Å². The summed E-state index contributed by atoms with van der Waals surface area (Å²) in [6, 6.07) is -1.24. The number of carbonyl (C=O) groups is 2. The van der Waals surface area contributed by atoms with E-state index in [4.69, 9.17) is 0 Å². The molecule has 0 aromatic heterocycles. The molecule has 0 radical (unpaired) electrons. The van der Waals surface area contributed by atoms with Crippen molar-refractivity contribution in [3.63, 3.8) is 0 Å². The summed E-state index contributed by atoms with van der Waals surface area (Å²) in [4.78, 5) is 26.5. The highest BCUT2D eigenvalue weighted by Crippen LogP contribution is 2.33. The molecule has 2 saturated heterocycles. The van der Waals surface area contributed by atoms with Gasteiger partial charge >= 0.3 is 12.0 Å². The number of hydrogen-bond acceptors (Lipinski definition) is 5.